The van der Waals surface area contributed by atoms with Crippen molar-refractivity contribution in [3.8, 4) is 5.75 Å². The quantitative estimate of drug-likeness (QED) is 0.613. The summed E-state index contributed by atoms with van der Waals surface area (Å²) in [7, 11) is 3.06. The van der Waals surface area contributed by atoms with Crippen LogP contribution in [0.2, 0.25) is 5.02 Å². The summed E-state index contributed by atoms with van der Waals surface area (Å²) in [5.41, 5.74) is 3.74. The molecule has 134 valence electrons. The van der Waals surface area contributed by atoms with Gasteiger partial charge in [-0.25, -0.2) is 4.79 Å². The van der Waals surface area contributed by atoms with Gasteiger partial charge in [0.25, 0.3) is 0 Å². The van der Waals surface area contributed by atoms with Crippen molar-refractivity contribution in [2.75, 3.05) is 19.5 Å². The van der Waals surface area contributed by atoms with Gasteiger partial charge in [-0.15, -0.1) is 0 Å². The fourth-order valence-electron chi connectivity index (χ4n) is 4.08. The second-order valence-electron chi connectivity index (χ2n) is 6.63. The van der Waals surface area contributed by atoms with Gasteiger partial charge in [0.1, 0.15) is 5.75 Å². The molecule has 0 radical (unpaired) electrons. The highest BCUT2D eigenvalue weighted by atomic mass is 35.5. The fraction of sp³-hybridized carbons (Fsp3) is 0.286. The van der Waals surface area contributed by atoms with Crippen LogP contribution in [-0.4, -0.2) is 20.2 Å². The Morgan fingerprint density at radius 3 is 2.62 bits per heavy atom. The van der Waals surface area contributed by atoms with Crippen LogP contribution in [0.4, 0.5) is 5.69 Å². The first-order valence-corrected chi connectivity index (χ1v) is 8.99. The highest BCUT2D eigenvalue weighted by Crippen LogP contribution is 2.54. The number of fused-ring (bicyclic) bond motifs is 3. The zero-order chi connectivity index (χ0) is 18.3. The van der Waals surface area contributed by atoms with Crippen molar-refractivity contribution in [1.29, 1.82) is 0 Å². The molecule has 0 saturated carbocycles. The Labute approximate surface area is 157 Å². The molecule has 0 bridgehead atoms. The number of halogens is 1. The van der Waals surface area contributed by atoms with Gasteiger partial charge in [-0.3, -0.25) is 0 Å². The molecule has 0 unspecified atom stereocenters. The molecule has 3 atom stereocenters. The number of benzene rings is 2. The smallest absolute Gasteiger partial charge is 0.337 e. The van der Waals surface area contributed by atoms with E-state index < -0.39 is 0 Å². The average molecular weight is 370 g/mol. The van der Waals surface area contributed by atoms with Gasteiger partial charge < -0.3 is 14.8 Å². The molecule has 1 aliphatic carbocycles. The summed E-state index contributed by atoms with van der Waals surface area (Å²) < 4.78 is 10.3. The van der Waals surface area contributed by atoms with E-state index in [0.29, 0.717) is 11.5 Å². The van der Waals surface area contributed by atoms with Crippen LogP contribution in [0.5, 0.6) is 5.75 Å². The van der Waals surface area contributed by atoms with E-state index in [4.69, 9.17) is 21.1 Å². The summed E-state index contributed by atoms with van der Waals surface area (Å²) in [6.07, 6.45) is 5.44. The van der Waals surface area contributed by atoms with Crippen molar-refractivity contribution in [2.24, 2.45) is 5.92 Å². The average Bonchev–Trinajstić information content (AvgIpc) is 3.16. The maximum atomic E-state index is 11.7. The molecule has 4 nitrogen and oxygen atoms in total. The standard InChI is InChI=1S/C21H20ClNO3/c1-25-17-11-10-16(22)18-14-4-3-5-15(14)19(23-20(17)18)12-6-8-13(9-7-12)21(24)26-2/h3-4,6-11,14-15,19,23H,5H2,1-2H3/t14-,15-,19+/m0/s1. The summed E-state index contributed by atoms with van der Waals surface area (Å²) in [6.45, 7) is 0. The second-order valence-corrected chi connectivity index (χ2v) is 7.03. The minimum Gasteiger partial charge on any atom is -0.495 e. The van der Waals surface area contributed by atoms with E-state index in [1.54, 1.807) is 7.11 Å². The van der Waals surface area contributed by atoms with Crippen molar-refractivity contribution in [2.45, 2.75) is 18.4 Å². The van der Waals surface area contributed by atoms with Crippen LogP contribution in [0, 0.1) is 5.92 Å². The summed E-state index contributed by atoms with van der Waals surface area (Å²) in [4.78, 5) is 11.7. The molecule has 2 aromatic carbocycles. The van der Waals surface area contributed by atoms with Crippen molar-refractivity contribution in [3.05, 3.63) is 70.3 Å². The SMILES string of the molecule is COC(=O)c1ccc([C@H]2Nc3c(OC)ccc(Cl)c3[C@H]3C=CC[C@@H]32)cc1. The zero-order valence-corrected chi connectivity index (χ0v) is 15.4. The molecule has 0 saturated heterocycles. The number of hydrogen-bond donors (Lipinski definition) is 1. The Kier molecular flexibility index (Phi) is 4.37. The maximum absolute atomic E-state index is 11.7. The molecule has 1 aliphatic heterocycles. The number of ether oxygens (including phenoxy) is 2. The summed E-state index contributed by atoms with van der Waals surface area (Å²) in [6, 6.07) is 11.5. The number of carbonyl (C=O) groups is 1. The van der Waals surface area contributed by atoms with Crippen molar-refractivity contribution in [3.63, 3.8) is 0 Å². The summed E-state index contributed by atoms with van der Waals surface area (Å²) in [5.74, 6) is 1.09. The molecule has 4 rings (SSSR count). The molecular weight excluding hydrogens is 350 g/mol. The van der Waals surface area contributed by atoms with Crippen LogP contribution in [0.15, 0.2) is 48.6 Å². The van der Waals surface area contributed by atoms with Gasteiger partial charge >= 0.3 is 5.97 Å². The van der Waals surface area contributed by atoms with Gasteiger partial charge in [0.2, 0.25) is 0 Å². The molecule has 1 N–H and O–H groups in total. The van der Waals surface area contributed by atoms with Gasteiger partial charge in [0.15, 0.2) is 0 Å². The van der Waals surface area contributed by atoms with E-state index in [1.807, 2.05) is 36.4 Å². The minimum atomic E-state index is -0.327. The number of anilines is 1. The number of carbonyl (C=O) groups excluding carboxylic acids is 1. The lowest BCUT2D eigenvalue weighted by Crippen LogP contribution is -2.29. The monoisotopic (exact) mass is 369 g/mol. The first-order valence-electron chi connectivity index (χ1n) is 8.62. The number of methoxy groups -OCH3 is 2. The molecule has 1 heterocycles. The van der Waals surface area contributed by atoms with E-state index in [2.05, 4.69) is 17.5 Å². The van der Waals surface area contributed by atoms with Crippen LogP contribution in [0.3, 0.4) is 0 Å². The van der Waals surface area contributed by atoms with E-state index in [1.165, 1.54) is 7.11 Å². The largest absolute Gasteiger partial charge is 0.495 e. The lowest BCUT2D eigenvalue weighted by atomic mass is 9.76. The van der Waals surface area contributed by atoms with Gasteiger partial charge in [-0.1, -0.05) is 35.9 Å². The Hall–Kier alpha value is -2.46. The van der Waals surface area contributed by atoms with Crippen LogP contribution in [0.1, 0.15) is 39.9 Å². The Balaban J connectivity index is 1.75. The van der Waals surface area contributed by atoms with Crippen molar-refractivity contribution < 1.29 is 14.3 Å². The lowest BCUT2D eigenvalue weighted by molar-refractivity contribution is 0.0600. The molecular formula is C21H20ClNO3. The lowest BCUT2D eigenvalue weighted by Gasteiger charge is -2.38. The third-order valence-electron chi connectivity index (χ3n) is 5.34. The molecule has 26 heavy (non-hydrogen) atoms. The van der Waals surface area contributed by atoms with Crippen LogP contribution in [0.25, 0.3) is 0 Å². The number of allylic oxidation sites excluding steroid dienone is 2. The van der Waals surface area contributed by atoms with Gasteiger partial charge in [-0.2, -0.15) is 0 Å². The number of esters is 1. The Bertz CT molecular complexity index is 876. The Morgan fingerprint density at radius 2 is 1.92 bits per heavy atom. The van der Waals surface area contributed by atoms with Crippen LogP contribution >= 0.6 is 11.6 Å². The van der Waals surface area contributed by atoms with E-state index in [0.717, 1.165) is 34.0 Å². The first kappa shape index (κ1) is 17.0. The third kappa shape index (κ3) is 2.65. The molecule has 2 aromatic rings. The minimum absolute atomic E-state index is 0.113. The highest BCUT2D eigenvalue weighted by Gasteiger charge is 2.40. The molecule has 5 heteroatoms. The topological polar surface area (TPSA) is 47.6 Å². The second kappa shape index (κ2) is 6.69. The first-order chi connectivity index (χ1) is 12.6. The van der Waals surface area contributed by atoms with Crippen molar-refractivity contribution >= 4 is 23.3 Å². The molecule has 0 amide bonds. The predicted molar refractivity (Wildman–Crippen MR) is 102 cm³/mol. The molecule has 0 spiro atoms. The molecule has 0 aromatic heterocycles. The number of hydrogen-bond acceptors (Lipinski definition) is 4. The van der Waals surface area contributed by atoms with Crippen molar-refractivity contribution in [1.82, 2.24) is 0 Å². The number of nitrogens with one attached hydrogen (secondary N) is 1. The fourth-order valence-corrected chi connectivity index (χ4v) is 4.37. The Morgan fingerprint density at radius 1 is 1.15 bits per heavy atom. The van der Waals surface area contributed by atoms with E-state index >= 15 is 0 Å². The third-order valence-corrected chi connectivity index (χ3v) is 5.67. The maximum Gasteiger partial charge on any atom is 0.337 e. The van der Waals surface area contributed by atoms with Crippen LogP contribution in [-0.2, 0) is 4.74 Å². The predicted octanol–water partition coefficient (Wildman–Crippen LogP) is 4.96. The summed E-state index contributed by atoms with van der Waals surface area (Å²) in [5, 5.41) is 4.40. The van der Waals surface area contributed by atoms with Crippen LogP contribution < -0.4 is 10.1 Å². The van der Waals surface area contributed by atoms with Gasteiger partial charge in [-0.05, 0) is 42.2 Å². The van der Waals surface area contributed by atoms with E-state index in [9.17, 15) is 4.79 Å². The zero-order valence-electron chi connectivity index (χ0n) is 14.7. The summed E-state index contributed by atoms with van der Waals surface area (Å²) >= 11 is 6.52. The molecule has 0 fully saturated rings. The molecule has 2 aliphatic rings. The van der Waals surface area contributed by atoms with Gasteiger partial charge in [0, 0.05) is 16.5 Å². The van der Waals surface area contributed by atoms with Gasteiger partial charge in [0.05, 0.1) is 31.5 Å². The normalized spacial score (nSPS) is 23.0. The number of rotatable bonds is 3. The highest BCUT2D eigenvalue weighted by molar-refractivity contribution is 6.32. The van der Waals surface area contributed by atoms with E-state index in [-0.39, 0.29) is 17.9 Å².